The average Bonchev–Trinajstić information content (AvgIpc) is 2.37. The highest BCUT2D eigenvalue weighted by molar-refractivity contribution is 5.96. The molecule has 0 aromatic heterocycles. The Morgan fingerprint density at radius 2 is 2.41 bits per heavy atom. The van der Waals surface area contributed by atoms with Crippen molar-refractivity contribution in [3.63, 3.8) is 0 Å². The zero-order valence-corrected chi connectivity index (χ0v) is 9.81. The lowest BCUT2D eigenvalue weighted by molar-refractivity contribution is -0.122. The number of benzene rings is 1. The van der Waals surface area contributed by atoms with E-state index in [0.717, 1.165) is 11.3 Å². The van der Waals surface area contributed by atoms with Crippen molar-refractivity contribution in [1.29, 1.82) is 0 Å². The standard InChI is InChI=1S/C12H16N2O3/c1-16-8-12(15)14-4-5-17-11-6-9(7-13)2-3-10(11)14/h2-3,6H,4-5,7-8,13H2,1H3. The lowest BCUT2D eigenvalue weighted by Crippen LogP contribution is -2.39. The molecule has 5 nitrogen and oxygen atoms in total. The molecular weight excluding hydrogens is 220 g/mol. The van der Waals surface area contributed by atoms with Crippen molar-refractivity contribution < 1.29 is 14.3 Å². The van der Waals surface area contributed by atoms with Crippen LogP contribution in [0, 0.1) is 0 Å². The number of carbonyl (C=O) groups is 1. The van der Waals surface area contributed by atoms with E-state index in [0.29, 0.717) is 25.4 Å². The summed E-state index contributed by atoms with van der Waals surface area (Å²) in [6, 6.07) is 5.65. The monoisotopic (exact) mass is 236 g/mol. The molecule has 0 fully saturated rings. The number of methoxy groups -OCH3 is 1. The summed E-state index contributed by atoms with van der Waals surface area (Å²) in [7, 11) is 1.51. The maximum absolute atomic E-state index is 11.8. The molecule has 0 radical (unpaired) electrons. The van der Waals surface area contributed by atoms with Gasteiger partial charge in [-0.3, -0.25) is 4.79 Å². The van der Waals surface area contributed by atoms with Gasteiger partial charge in [-0.15, -0.1) is 0 Å². The number of amides is 1. The van der Waals surface area contributed by atoms with Crippen LogP contribution >= 0.6 is 0 Å². The molecule has 1 aliphatic heterocycles. The number of ether oxygens (including phenoxy) is 2. The predicted octanol–water partition coefficient (Wildman–Crippen LogP) is 0.517. The molecule has 1 aliphatic rings. The highest BCUT2D eigenvalue weighted by atomic mass is 16.5. The van der Waals surface area contributed by atoms with Gasteiger partial charge in [0.05, 0.1) is 12.2 Å². The number of rotatable bonds is 3. The predicted molar refractivity (Wildman–Crippen MR) is 64.1 cm³/mol. The molecule has 2 rings (SSSR count). The summed E-state index contributed by atoms with van der Waals surface area (Å²) >= 11 is 0. The lowest BCUT2D eigenvalue weighted by Gasteiger charge is -2.29. The molecule has 17 heavy (non-hydrogen) atoms. The molecule has 1 aromatic carbocycles. The SMILES string of the molecule is COCC(=O)N1CCOc2cc(CN)ccc21. The molecule has 2 N–H and O–H groups in total. The topological polar surface area (TPSA) is 64.8 Å². The second-order valence-electron chi connectivity index (χ2n) is 3.83. The van der Waals surface area contributed by atoms with E-state index in [1.165, 1.54) is 7.11 Å². The zero-order valence-electron chi connectivity index (χ0n) is 9.81. The summed E-state index contributed by atoms with van der Waals surface area (Å²) in [6.07, 6.45) is 0. The largest absolute Gasteiger partial charge is 0.490 e. The fraction of sp³-hybridized carbons (Fsp3) is 0.417. The van der Waals surface area contributed by atoms with Crippen LogP contribution in [0.15, 0.2) is 18.2 Å². The summed E-state index contributed by atoms with van der Waals surface area (Å²) in [4.78, 5) is 13.5. The fourth-order valence-corrected chi connectivity index (χ4v) is 1.85. The molecule has 0 spiro atoms. The molecule has 0 bridgehead atoms. The van der Waals surface area contributed by atoms with Crippen LogP contribution in [-0.2, 0) is 16.1 Å². The third-order valence-corrected chi connectivity index (χ3v) is 2.69. The van der Waals surface area contributed by atoms with Gasteiger partial charge < -0.3 is 20.1 Å². The molecule has 1 amide bonds. The number of hydrogen-bond acceptors (Lipinski definition) is 4. The number of fused-ring (bicyclic) bond motifs is 1. The normalized spacial score (nSPS) is 14.1. The van der Waals surface area contributed by atoms with Gasteiger partial charge in [-0.25, -0.2) is 0 Å². The minimum absolute atomic E-state index is 0.0578. The molecule has 1 heterocycles. The van der Waals surface area contributed by atoms with Crippen molar-refractivity contribution in [1.82, 2.24) is 0 Å². The van der Waals surface area contributed by atoms with Gasteiger partial charge in [0.15, 0.2) is 0 Å². The molecular formula is C12H16N2O3. The van der Waals surface area contributed by atoms with E-state index in [2.05, 4.69) is 0 Å². The van der Waals surface area contributed by atoms with E-state index in [4.69, 9.17) is 15.2 Å². The zero-order chi connectivity index (χ0) is 12.3. The highest BCUT2D eigenvalue weighted by Gasteiger charge is 2.23. The van der Waals surface area contributed by atoms with Crippen LogP contribution < -0.4 is 15.4 Å². The number of hydrogen-bond donors (Lipinski definition) is 1. The minimum Gasteiger partial charge on any atom is -0.490 e. The first-order chi connectivity index (χ1) is 8.26. The summed E-state index contributed by atoms with van der Waals surface area (Å²) in [5, 5.41) is 0. The van der Waals surface area contributed by atoms with E-state index >= 15 is 0 Å². The highest BCUT2D eigenvalue weighted by Crippen LogP contribution is 2.32. The van der Waals surface area contributed by atoms with Gasteiger partial charge in [-0.2, -0.15) is 0 Å². The first kappa shape index (κ1) is 11.9. The van der Waals surface area contributed by atoms with Crippen molar-refractivity contribution >= 4 is 11.6 Å². The van der Waals surface area contributed by atoms with E-state index in [-0.39, 0.29) is 12.5 Å². The Morgan fingerprint density at radius 1 is 1.59 bits per heavy atom. The molecule has 5 heteroatoms. The average molecular weight is 236 g/mol. The first-order valence-corrected chi connectivity index (χ1v) is 5.51. The smallest absolute Gasteiger partial charge is 0.253 e. The molecule has 0 atom stereocenters. The Morgan fingerprint density at radius 3 is 3.12 bits per heavy atom. The van der Waals surface area contributed by atoms with Gasteiger partial charge in [-0.05, 0) is 17.7 Å². The van der Waals surface area contributed by atoms with Gasteiger partial charge in [0.1, 0.15) is 19.0 Å². The summed E-state index contributed by atoms with van der Waals surface area (Å²) < 4.78 is 10.4. The van der Waals surface area contributed by atoms with Crippen LogP contribution in [0.5, 0.6) is 5.75 Å². The second-order valence-corrected chi connectivity index (χ2v) is 3.83. The van der Waals surface area contributed by atoms with E-state index in [9.17, 15) is 4.79 Å². The van der Waals surface area contributed by atoms with Crippen molar-refractivity contribution in [2.45, 2.75) is 6.54 Å². The first-order valence-electron chi connectivity index (χ1n) is 5.51. The van der Waals surface area contributed by atoms with Gasteiger partial charge in [0.2, 0.25) is 0 Å². The van der Waals surface area contributed by atoms with E-state index < -0.39 is 0 Å². The van der Waals surface area contributed by atoms with Crippen LogP contribution in [0.4, 0.5) is 5.69 Å². The molecule has 1 aromatic rings. The maximum atomic E-state index is 11.8. The van der Waals surface area contributed by atoms with Gasteiger partial charge in [-0.1, -0.05) is 6.07 Å². The third-order valence-electron chi connectivity index (χ3n) is 2.69. The van der Waals surface area contributed by atoms with Gasteiger partial charge >= 0.3 is 0 Å². The molecule has 0 unspecified atom stereocenters. The van der Waals surface area contributed by atoms with E-state index in [1.807, 2.05) is 18.2 Å². The van der Waals surface area contributed by atoms with Gasteiger partial charge in [0.25, 0.3) is 5.91 Å². The summed E-state index contributed by atoms with van der Waals surface area (Å²) in [6.45, 7) is 1.59. The van der Waals surface area contributed by atoms with Crippen molar-refractivity contribution in [2.75, 3.05) is 31.8 Å². The molecule has 0 saturated heterocycles. The number of anilines is 1. The Hall–Kier alpha value is -1.59. The Bertz CT molecular complexity index is 420. The second kappa shape index (κ2) is 5.16. The maximum Gasteiger partial charge on any atom is 0.253 e. The number of carbonyl (C=O) groups excluding carboxylic acids is 1. The van der Waals surface area contributed by atoms with Crippen LogP contribution in [0.25, 0.3) is 0 Å². The summed E-state index contributed by atoms with van der Waals surface area (Å²) in [5.74, 6) is 0.654. The van der Waals surface area contributed by atoms with Crippen molar-refractivity contribution in [3.8, 4) is 5.75 Å². The Balaban J connectivity index is 2.28. The third kappa shape index (κ3) is 2.40. The van der Waals surface area contributed by atoms with Gasteiger partial charge in [0, 0.05) is 13.7 Å². The number of nitrogens with two attached hydrogens (primary N) is 1. The molecule has 0 aliphatic carbocycles. The Kier molecular flexibility index (Phi) is 3.61. The van der Waals surface area contributed by atoms with Crippen LogP contribution in [-0.4, -0.2) is 32.8 Å². The summed E-state index contributed by atoms with van der Waals surface area (Å²) in [5.41, 5.74) is 7.35. The van der Waals surface area contributed by atoms with Crippen LogP contribution in [0.2, 0.25) is 0 Å². The quantitative estimate of drug-likeness (QED) is 0.830. The fourth-order valence-electron chi connectivity index (χ4n) is 1.85. The molecule has 0 saturated carbocycles. The van der Waals surface area contributed by atoms with Crippen molar-refractivity contribution in [3.05, 3.63) is 23.8 Å². The number of nitrogens with zero attached hydrogens (tertiary/aromatic N) is 1. The molecule has 92 valence electrons. The van der Waals surface area contributed by atoms with Crippen LogP contribution in [0.3, 0.4) is 0 Å². The van der Waals surface area contributed by atoms with Crippen molar-refractivity contribution in [2.24, 2.45) is 5.73 Å². The van der Waals surface area contributed by atoms with E-state index in [1.54, 1.807) is 4.90 Å². The minimum atomic E-state index is -0.0578. The lowest BCUT2D eigenvalue weighted by atomic mass is 10.1. The van der Waals surface area contributed by atoms with Crippen LogP contribution in [0.1, 0.15) is 5.56 Å². The Labute approximate surface area is 100 Å².